The molecule has 0 atom stereocenters. The quantitative estimate of drug-likeness (QED) is 0.324. The molecule has 0 radical (unpaired) electrons. The van der Waals surface area contributed by atoms with Crippen LogP contribution in [0.2, 0.25) is 0 Å². The Morgan fingerprint density at radius 1 is 0.912 bits per heavy atom. The van der Waals surface area contributed by atoms with E-state index in [0.29, 0.717) is 18.1 Å². The van der Waals surface area contributed by atoms with E-state index >= 15 is 0 Å². The van der Waals surface area contributed by atoms with Crippen molar-refractivity contribution in [3.05, 3.63) is 102 Å². The predicted octanol–water partition coefficient (Wildman–Crippen LogP) is 5.70. The Hall–Kier alpha value is -3.93. The Morgan fingerprint density at radius 2 is 1.50 bits per heavy atom. The number of carbonyl (C=O) groups is 1. The standard InChI is InChI=1S/C28H29N3O3/c1-20(2)31(19-26-29-28(30-34-26)23-14-16-24(33-3)17-15-23)27(32)18-25(21-10-6-4-7-11-21)22-12-8-5-9-13-22/h4-17,20,25H,18-19H2,1-3H3. The van der Waals surface area contributed by atoms with Crippen LogP contribution in [0.4, 0.5) is 0 Å². The molecule has 0 spiro atoms. The van der Waals surface area contributed by atoms with Crippen molar-refractivity contribution >= 4 is 5.91 Å². The Bertz CT molecular complexity index is 1150. The summed E-state index contributed by atoms with van der Waals surface area (Å²) < 4.78 is 10.7. The average Bonchev–Trinajstić information content (AvgIpc) is 3.35. The fourth-order valence-corrected chi connectivity index (χ4v) is 3.97. The third-order valence-corrected chi connectivity index (χ3v) is 5.85. The summed E-state index contributed by atoms with van der Waals surface area (Å²) in [7, 11) is 1.62. The number of aromatic nitrogens is 2. The van der Waals surface area contributed by atoms with Gasteiger partial charge in [0, 0.05) is 23.9 Å². The van der Waals surface area contributed by atoms with Crippen LogP contribution in [0.3, 0.4) is 0 Å². The van der Waals surface area contributed by atoms with Gasteiger partial charge in [-0.15, -0.1) is 0 Å². The first-order valence-electron chi connectivity index (χ1n) is 11.4. The average molecular weight is 456 g/mol. The first-order valence-corrected chi connectivity index (χ1v) is 11.4. The van der Waals surface area contributed by atoms with E-state index in [2.05, 4.69) is 34.4 Å². The van der Waals surface area contributed by atoms with Crippen LogP contribution >= 0.6 is 0 Å². The minimum atomic E-state index is -0.0336. The molecule has 1 amide bonds. The largest absolute Gasteiger partial charge is 0.497 e. The van der Waals surface area contributed by atoms with E-state index in [0.717, 1.165) is 22.4 Å². The third kappa shape index (κ3) is 5.52. The van der Waals surface area contributed by atoms with Crippen molar-refractivity contribution in [1.82, 2.24) is 15.0 Å². The van der Waals surface area contributed by atoms with Crippen molar-refractivity contribution in [2.45, 2.75) is 38.8 Å². The van der Waals surface area contributed by atoms with Gasteiger partial charge in [0.25, 0.3) is 0 Å². The van der Waals surface area contributed by atoms with Gasteiger partial charge in [0.05, 0.1) is 7.11 Å². The van der Waals surface area contributed by atoms with Crippen molar-refractivity contribution in [1.29, 1.82) is 0 Å². The molecule has 0 aliphatic carbocycles. The zero-order valence-corrected chi connectivity index (χ0v) is 19.7. The summed E-state index contributed by atoms with van der Waals surface area (Å²) in [4.78, 5) is 19.8. The second kappa shape index (κ2) is 10.8. The number of nitrogens with zero attached hydrogens (tertiary/aromatic N) is 3. The maximum Gasteiger partial charge on any atom is 0.246 e. The van der Waals surface area contributed by atoms with Gasteiger partial charge in [-0.2, -0.15) is 4.98 Å². The van der Waals surface area contributed by atoms with E-state index < -0.39 is 0 Å². The second-order valence-electron chi connectivity index (χ2n) is 8.43. The molecule has 0 saturated carbocycles. The fraction of sp³-hybridized carbons (Fsp3) is 0.250. The highest BCUT2D eigenvalue weighted by molar-refractivity contribution is 5.78. The lowest BCUT2D eigenvalue weighted by Gasteiger charge is -2.28. The molecule has 0 unspecified atom stereocenters. The van der Waals surface area contributed by atoms with Crippen molar-refractivity contribution < 1.29 is 14.1 Å². The lowest BCUT2D eigenvalue weighted by molar-refractivity contribution is -0.134. The lowest BCUT2D eigenvalue weighted by Crippen LogP contribution is -2.37. The number of methoxy groups -OCH3 is 1. The van der Waals surface area contributed by atoms with Gasteiger partial charge >= 0.3 is 0 Å². The molecule has 1 aromatic heterocycles. The molecule has 4 aromatic rings. The van der Waals surface area contributed by atoms with E-state index in [1.807, 2.05) is 74.5 Å². The SMILES string of the molecule is COc1ccc(-c2noc(CN(C(=O)CC(c3ccccc3)c3ccccc3)C(C)C)n2)cc1. The fourth-order valence-electron chi connectivity index (χ4n) is 3.97. The van der Waals surface area contributed by atoms with Crippen LogP contribution in [0.5, 0.6) is 5.75 Å². The molecule has 6 heteroatoms. The number of hydrogen-bond acceptors (Lipinski definition) is 5. The Balaban J connectivity index is 1.52. The summed E-state index contributed by atoms with van der Waals surface area (Å²) >= 11 is 0. The van der Waals surface area contributed by atoms with Crippen LogP contribution in [0.15, 0.2) is 89.5 Å². The maximum atomic E-state index is 13.5. The summed E-state index contributed by atoms with van der Waals surface area (Å²) in [6, 6.07) is 27.7. The van der Waals surface area contributed by atoms with Crippen LogP contribution in [-0.4, -0.2) is 34.1 Å². The van der Waals surface area contributed by atoms with Crippen LogP contribution < -0.4 is 4.74 Å². The minimum absolute atomic E-state index is 0.0176. The molecule has 3 aromatic carbocycles. The smallest absolute Gasteiger partial charge is 0.246 e. The van der Waals surface area contributed by atoms with Gasteiger partial charge in [0.2, 0.25) is 17.6 Å². The molecule has 4 rings (SSSR count). The molecule has 1 heterocycles. The van der Waals surface area contributed by atoms with E-state index in [-0.39, 0.29) is 24.4 Å². The van der Waals surface area contributed by atoms with Crippen molar-refractivity contribution in [3.63, 3.8) is 0 Å². The molecule has 0 fully saturated rings. The van der Waals surface area contributed by atoms with Crippen LogP contribution in [0.1, 0.15) is 43.2 Å². The second-order valence-corrected chi connectivity index (χ2v) is 8.43. The summed E-state index contributed by atoms with van der Waals surface area (Å²) in [6.45, 7) is 4.26. The van der Waals surface area contributed by atoms with Gasteiger partial charge < -0.3 is 14.2 Å². The molecular weight excluding hydrogens is 426 g/mol. The molecule has 0 aliphatic rings. The first-order chi connectivity index (χ1) is 16.5. The molecule has 174 valence electrons. The number of benzene rings is 3. The number of amides is 1. The van der Waals surface area contributed by atoms with Crippen molar-refractivity contribution in [2.75, 3.05) is 7.11 Å². The number of carbonyl (C=O) groups excluding carboxylic acids is 1. The van der Waals surface area contributed by atoms with E-state index in [1.165, 1.54) is 0 Å². The van der Waals surface area contributed by atoms with Crippen molar-refractivity contribution in [3.8, 4) is 17.1 Å². The summed E-state index contributed by atoms with van der Waals surface area (Å²) in [6.07, 6.45) is 0.353. The van der Waals surface area contributed by atoms with Gasteiger partial charge in [-0.05, 0) is 49.2 Å². The highest BCUT2D eigenvalue weighted by Gasteiger charge is 2.25. The highest BCUT2D eigenvalue weighted by atomic mass is 16.5. The van der Waals surface area contributed by atoms with Crippen LogP contribution in [0.25, 0.3) is 11.4 Å². The zero-order chi connectivity index (χ0) is 23.9. The van der Waals surface area contributed by atoms with E-state index in [1.54, 1.807) is 12.0 Å². The Labute approximate surface area is 200 Å². The highest BCUT2D eigenvalue weighted by Crippen LogP contribution is 2.29. The number of hydrogen-bond donors (Lipinski definition) is 0. The third-order valence-electron chi connectivity index (χ3n) is 5.85. The lowest BCUT2D eigenvalue weighted by atomic mass is 9.88. The Morgan fingerprint density at radius 3 is 2.03 bits per heavy atom. The molecule has 6 nitrogen and oxygen atoms in total. The Kier molecular flexibility index (Phi) is 7.38. The van der Waals surface area contributed by atoms with Gasteiger partial charge in [-0.3, -0.25) is 4.79 Å². The monoisotopic (exact) mass is 455 g/mol. The summed E-state index contributed by atoms with van der Waals surface area (Å²) in [5, 5.41) is 4.10. The van der Waals surface area contributed by atoms with E-state index in [9.17, 15) is 4.79 Å². The molecular formula is C28H29N3O3. The van der Waals surface area contributed by atoms with Gasteiger partial charge in [0.1, 0.15) is 12.3 Å². The van der Waals surface area contributed by atoms with Gasteiger partial charge in [-0.25, -0.2) is 0 Å². The van der Waals surface area contributed by atoms with Crippen molar-refractivity contribution in [2.24, 2.45) is 0 Å². The summed E-state index contributed by atoms with van der Waals surface area (Å²) in [5.41, 5.74) is 3.06. The normalized spacial score (nSPS) is 11.1. The summed E-state index contributed by atoms with van der Waals surface area (Å²) in [5.74, 6) is 1.66. The molecule has 34 heavy (non-hydrogen) atoms. The van der Waals surface area contributed by atoms with Gasteiger partial charge in [-0.1, -0.05) is 65.8 Å². The first kappa shape index (κ1) is 23.2. The minimum Gasteiger partial charge on any atom is -0.497 e. The van der Waals surface area contributed by atoms with E-state index in [4.69, 9.17) is 9.26 Å². The maximum absolute atomic E-state index is 13.5. The topological polar surface area (TPSA) is 68.5 Å². The predicted molar refractivity (Wildman–Crippen MR) is 131 cm³/mol. The van der Waals surface area contributed by atoms with Crippen LogP contribution in [0, 0.1) is 0 Å². The molecule has 0 saturated heterocycles. The molecule has 0 N–H and O–H groups in total. The number of rotatable bonds is 9. The van der Waals surface area contributed by atoms with Gasteiger partial charge in [0.15, 0.2) is 0 Å². The molecule has 0 aliphatic heterocycles. The zero-order valence-electron chi connectivity index (χ0n) is 19.7. The number of ether oxygens (including phenoxy) is 1. The van der Waals surface area contributed by atoms with Crippen LogP contribution in [-0.2, 0) is 11.3 Å². The molecule has 0 bridgehead atoms.